The van der Waals surface area contributed by atoms with Gasteiger partial charge in [0.2, 0.25) is 11.8 Å². The number of anilines is 1. The Morgan fingerprint density at radius 3 is 1.76 bits per heavy atom. The highest BCUT2D eigenvalue weighted by atomic mass is 32.1. The Morgan fingerprint density at radius 2 is 1.34 bits per heavy atom. The van der Waals surface area contributed by atoms with Gasteiger partial charge in [-0.25, -0.2) is 9.69 Å². The standard InChI is InChI=1S/C23H21NO4S/c1-2-18-15-19(23(27)28)22(29-18)24(20(25)13-16-9-5-3-6-10-16)21(26)14-17-11-7-4-8-12-17/h3-12,15H,2,13-14H2,1H3,(H,27,28). The van der Waals surface area contributed by atoms with Crippen LogP contribution in [0.4, 0.5) is 5.00 Å². The van der Waals surface area contributed by atoms with E-state index in [1.807, 2.05) is 67.6 Å². The number of aryl methyl sites for hydroxylation is 1. The van der Waals surface area contributed by atoms with Crippen LogP contribution in [0.25, 0.3) is 0 Å². The quantitative estimate of drug-likeness (QED) is 0.632. The van der Waals surface area contributed by atoms with Crippen molar-refractivity contribution in [3.05, 3.63) is 88.3 Å². The van der Waals surface area contributed by atoms with Gasteiger partial charge >= 0.3 is 5.97 Å². The second-order valence-electron chi connectivity index (χ2n) is 6.54. The molecule has 0 aliphatic heterocycles. The van der Waals surface area contributed by atoms with E-state index >= 15 is 0 Å². The molecule has 0 bridgehead atoms. The van der Waals surface area contributed by atoms with Gasteiger partial charge < -0.3 is 5.11 Å². The van der Waals surface area contributed by atoms with Gasteiger partial charge in [0.15, 0.2) is 0 Å². The molecule has 0 fully saturated rings. The third kappa shape index (κ3) is 4.97. The van der Waals surface area contributed by atoms with Crippen LogP contribution in [0.1, 0.15) is 33.3 Å². The highest BCUT2D eigenvalue weighted by molar-refractivity contribution is 7.17. The summed E-state index contributed by atoms with van der Waals surface area (Å²) in [6.45, 7) is 1.91. The predicted octanol–water partition coefficient (Wildman–Crippen LogP) is 4.35. The number of nitrogens with zero attached hydrogens (tertiary/aromatic N) is 1. The first-order valence-corrected chi connectivity index (χ1v) is 10.1. The van der Waals surface area contributed by atoms with Crippen molar-refractivity contribution in [3.8, 4) is 0 Å². The molecular formula is C23H21NO4S. The van der Waals surface area contributed by atoms with E-state index in [0.29, 0.717) is 6.42 Å². The van der Waals surface area contributed by atoms with E-state index in [9.17, 15) is 19.5 Å². The van der Waals surface area contributed by atoms with Gasteiger partial charge in [-0.2, -0.15) is 0 Å². The van der Waals surface area contributed by atoms with Crippen LogP contribution in [0.5, 0.6) is 0 Å². The SMILES string of the molecule is CCc1cc(C(=O)O)c(N(C(=O)Cc2ccccc2)C(=O)Cc2ccccc2)s1. The van der Waals surface area contributed by atoms with E-state index < -0.39 is 17.8 Å². The third-order valence-electron chi connectivity index (χ3n) is 4.44. The average molecular weight is 407 g/mol. The second-order valence-corrected chi connectivity index (χ2v) is 7.65. The maximum absolute atomic E-state index is 13.1. The number of hydrogen-bond donors (Lipinski definition) is 1. The van der Waals surface area contributed by atoms with Gasteiger partial charge in [-0.15, -0.1) is 11.3 Å². The van der Waals surface area contributed by atoms with Crippen LogP contribution in [0.3, 0.4) is 0 Å². The van der Waals surface area contributed by atoms with Gasteiger partial charge in [0.1, 0.15) is 5.00 Å². The summed E-state index contributed by atoms with van der Waals surface area (Å²) in [5, 5.41) is 9.80. The largest absolute Gasteiger partial charge is 0.478 e. The third-order valence-corrected chi connectivity index (χ3v) is 5.71. The lowest BCUT2D eigenvalue weighted by molar-refractivity contribution is -0.125. The molecule has 0 aliphatic rings. The highest BCUT2D eigenvalue weighted by Gasteiger charge is 2.30. The molecule has 5 nitrogen and oxygen atoms in total. The summed E-state index contributed by atoms with van der Waals surface area (Å²) >= 11 is 1.18. The van der Waals surface area contributed by atoms with Crippen molar-refractivity contribution in [2.45, 2.75) is 26.2 Å². The molecule has 0 unspecified atom stereocenters. The fraction of sp³-hybridized carbons (Fsp3) is 0.174. The van der Waals surface area contributed by atoms with Crippen LogP contribution in [-0.4, -0.2) is 22.9 Å². The monoisotopic (exact) mass is 407 g/mol. The van der Waals surface area contributed by atoms with Gasteiger partial charge in [0, 0.05) is 4.88 Å². The predicted molar refractivity (Wildman–Crippen MR) is 113 cm³/mol. The van der Waals surface area contributed by atoms with E-state index in [1.165, 1.54) is 11.3 Å². The molecule has 3 aromatic rings. The van der Waals surface area contributed by atoms with Crippen molar-refractivity contribution in [2.24, 2.45) is 0 Å². The van der Waals surface area contributed by atoms with E-state index in [1.54, 1.807) is 6.07 Å². The number of carbonyl (C=O) groups excluding carboxylic acids is 2. The lowest BCUT2D eigenvalue weighted by atomic mass is 10.1. The Hall–Kier alpha value is -3.25. The summed E-state index contributed by atoms with van der Waals surface area (Å²) in [5.74, 6) is -2.03. The maximum atomic E-state index is 13.1. The first-order valence-electron chi connectivity index (χ1n) is 9.29. The average Bonchev–Trinajstić information content (AvgIpc) is 3.14. The van der Waals surface area contributed by atoms with Crippen LogP contribution in [0.15, 0.2) is 66.7 Å². The van der Waals surface area contributed by atoms with E-state index in [4.69, 9.17) is 0 Å². The van der Waals surface area contributed by atoms with Gasteiger partial charge in [0.25, 0.3) is 0 Å². The number of amides is 2. The molecule has 1 N–H and O–H groups in total. The zero-order chi connectivity index (χ0) is 20.8. The highest BCUT2D eigenvalue weighted by Crippen LogP contribution is 2.33. The normalized spacial score (nSPS) is 10.5. The molecule has 6 heteroatoms. The number of carboxylic acid groups (broad SMARTS) is 1. The van der Waals surface area contributed by atoms with E-state index in [0.717, 1.165) is 20.9 Å². The van der Waals surface area contributed by atoms with Crippen LogP contribution in [-0.2, 0) is 28.9 Å². The molecule has 2 aromatic carbocycles. The molecular weight excluding hydrogens is 386 g/mol. The molecule has 0 radical (unpaired) electrons. The molecule has 2 amide bonds. The van der Waals surface area contributed by atoms with Crippen molar-refractivity contribution in [3.63, 3.8) is 0 Å². The Morgan fingerprint density at radius 1 is 0.862 bits per heavy atom. The maximum Gasteiger partial charge on any atom is 0.338 e. The molecule has 148 valence electrons. The number of aromatic carboxylic acids is 1. The topological polar surface area (TPSA) is 74.7 Å². The minimum atomic E-state index is -1.15. The molecule has 3 rings (SSSR count). The molecule has 0 saturated heterocycles. The number of thiophene rings is 1. The van der Waals surface area contributed by atoms with Crippen molar-refractivity contribution < 1.29 is 19.5 Å². The van der Waals surface area contributed by atoms with Crippen LogP contribution in [0, 0.1) is 0 Å². The summed E-state index contributed by atoms with van der Waals surface area (Å²) in [6, 6.07) is 19.8. The molecule has 1 aromatic heterocycles. The lowest BCUT2D eigenvalue weighted by Crippen LogP contribution is -2.39. The number of imide groups is 1. The van der Waals surface area contributed by atoms with Crippen LogP contribution in [0.2, 0.25) is 0 Å². The number of carbonyl (C=O) groups is 3. The number of rotatable bonds is 7. The Bertz CT molecular complexity index is 958. The number of hydrogen-bond acceptors (Lipinski definition) is 4. The summed E-state index contributed by atoms with van der Waals surface area (Å²) in [4.78, 5) is 39.9. The molecule has 0 spiro atoms. The van der Waals surface area contributed by atoms with Crippen LogP contribution < -0.4 is 4.90 Å². The van der Waals surface area contributed by atoms with Gasteiger partial charge in [-0.1, -0.05) is 67.6 Å². The minimum Gasteiger partial charge on any atom is -0.478 e. The van der Waals surface area contributed by atoms with Crippen LogP contribution >= 0.6 is 11.3 Å². The van der Waals surface area contributed by atoms with Crippen molar-refractivity contribution in [1.29, 1.82) is 0 Å². The van der Waals surface area contributed by atoms with E-state index in [-0.39, 0.29) is 23.4 Å². The molecule has 29 heavy (non-hydrogen) atoms. The summed E-state index contributed by atoms with van der Waals surface area (Å²) in [7, 11) is 0. The molecule has 0 saturated carbocycles. The smallest absolute Gasteiger partial charge is 0.338 e. The Balaban J connectivity index is 1.99. The van der Waals surface area contributed by atoms with E-state index in [2.05, 4.69) is 0 Å². The number of carboxylic acids is 1. The number of benzene rings is 2. The summed E-state index contributed by atoms with van der Waals surface area (Å²) < 4.78 is 0. The molecule has 0 aliphatic carbocycles. The Labute approximate surface area is 173 Å². The van der Waals surface area contributed by atoms with Gasteiger partial charge in [-0.3, -0.25) is 9.59 Å². The summed E-state index contributed by atoms with van der Waals surface area (Å²) in [5.41, 5.74) is 1.51. The Kier molecular flexibility index (Phi) is 6.57. The second kappa shape index (κ2) is 9.30. The minimum absolute atomic E-state index is 0.0137. The fourth-order valence-corrected chi connectivity index (χ4v) is 4.11. The first kappa shape index (κ1) is 20.5. The van der Waals surface area contributed by atoms with Crippen molar-refractivity contribution in [2.75, 3.05) is 4.90 Å². The van der Waals surface area contributed by atoms with Gasteiger partial charge in [0.05, 0.1) is 18.4 Å². The van der Waals surface area contributed by atoms with Crippen molar-refractivity contribution >= 4 is 34.1 Å². The fourth-order valence-electron chi connectivity index (χ4n) is 2.99. The van der Waals surface area contributed by atoms with Crippen molar-refractivity contribution in [1.82, 2.24) is 0 Å². The molecule has 1 heterocycles. The lowest BCUT2D eigenvalue weighted by Gasteiger charge is -2.20. The van der Waals surface area contributed by atoms with Gasteiger partial charge in [-0.05, 0) is 23.6 Å². The summed E-state index contributed by atoms with van der Waals surface area (Å²) in [6.07, 6.45) is 0.651. The molecule has 0 atom stereocenters. The first-order chi connectivity index (χ1) is 14.0. The zero-order valence-electron chi connectivity index (χ0n) is 16.0. The zero-order valence-corrected chi connectivity index (χ0v) is 16.8.